The second-order valence-corrected chi connectivity index (χ2v) is 3.91. The van der Waals surface area contributed by atoms with Crippen LogP contribution in [0.25, 0.3) is 0 Å². The highest BCUT2D eigenvalue weighted by molar-refractivity contribution is 5.98. The molecule has 0 saturated heterocycles. The van der Waals surface area contributed by atoms with Gasteiger partial charge in [0.25, 0.3) is 5.91 Å². The molecule has 0 fully saturated rings. The van der Waals surface area contributed by atoms with E-state index in [0.717, 1.165) is 0 Å². The summed E-state index contributed by atoms with van der Waals surface area (Å²) in [6.45, 7) is 6.23. The summed E-state index contributed by atoms with van der Waals surface area (Å²) in [5.74, 6) is -0.966. The Morgan fingerprint density at radius 3 is 2.39 bits per heavy atom. The Morgan fingerprint density at radius 1 is 1.39 bits per heavy atom. The minimum atomic E-state index is -0.693. The van der Waals surface area contributed by atoms with Gasteiger partial charge in [0.15, 0.2) is 0 Å². The van der Waals surface area contributed by atoms with Crippen LogP contribution in [0.15, 0.2) is 12.1 Å². The second kappa shape index (κ2) is 5.48. The number of nitro benzene ring substituents is 1. The zero-order valence-electron chi connectivity index (χ0n) is 10.6. The van der Waals surface area contributed by atoms with Gasteiger partial charge in [0.2, 0.25) is 5.75 Å². The van der Waals surface area contributed by atoms with Crippen molar-refractivity contribution in [1.82, 2.24) is 4.90 Å². The van der Waals surface area contributed by atoms with E-state index in [9.17, 15) is 20.0 Å². The molecular formula is C12H16N2O4. The molecule has 0 aromatic heterocycles. The highest BCUT2D eigenvalue weighted by atomic mass is 16.6. The minimum Gasteiger partial charge on any atom is -0.502 e. The molecule has 0 spiro atoms. The fraction of sp³-hybridized carbons (Fsp3) is 0.417. The molecule has 0 radical (unpaired) electrons. The molecule has 0 aliphatic carbocycles. The van der Waals surface area contributed by atoms with E-state index in [2.05, 4.69) is 0 Å². The van der Waals surface area contributed by atoms with Crippen LogP contribution < -0.4 is 0 Å². The lowest BCUT2D eigenvalue weighted by Crippen LogP contribution is -2.30. The monoisotopic (exact) mass is 252 g/mol. The number of hydrogen-bond acceptors (Lipinski definition) is 4. The molecule has 1 aromatic rings. The van der Waals surface area contributed by atoms with E-state index < -0.39 is 22.3 Å². The molecule has 18 heavy (non-hydrogen) atoms. The second-order valence-electron chi connectivity index (χ2n) is 3.91. The zero-order valence-corrected chi connectivity index (χ0v) is 10.6. The molecule has 6 heteroatoms. The molecule has 0 heterocycles. The van der Waals surface area contributed by atoms with Gasteiger partial charge in [-0.15, -0.1) is 0 Å². The molecule has 1 aromatic carbocycles. The normalized spacial score (nSPS) is 10.2. The maximum absolute atomic E-state index is 12.1. The quantitative estimate of drug-likeness (QED) is 0.657. The lowest BCUT2D eigenvalue weighted by Gasteiger charge is -2.19. The van der Waals surface area contributed by atoms with Crippen molar-refractivity contribution in [1.29, 1.82) is 0 Å². The van der Waals surface area contributed by atoms with Gasteiger partial charge in [-0.1, -0.05) is 0 Å². The fourth-order valence-corrected chi connectivity index (χ4v) is 1.74. The molecule has 0 unspecified atom stereocenters. The standard InChI is InChI=1S/C12H16N2O4/c1-4-13(5-2)12(16)9-6-8(3)7-10(11(9)15)14(17)18/h6-7,15H,4-5H2,1-3H3. The first-order valence-corrected chi connectivity index (χ1v) is 5.69. The number of carbonyl (C=O) groups excluding carboxylic acids is 1. The van der Waals surface area contributed by atoms with Gasteiger partial charge >= 0.3 is 5.69 Å². The molecule has 0 aliphatic rings. The molecule has 0 saturated carbocycles. The first kappa shape index (κ1) is 14.0. The van der Waals surface area contributed by atoms with Crippen molar-refractivity contribution in [2.45, 2.75) is 20.8 Å². The van der Waals surface area contributed by atoms with Crippen molar-refractivity contribution in [3.05, 3.63) is 33.4 Å². The van der Waals surface area contributed by atoms with Gasteiger partial charge in [-0.25, -0.2) is 0 Å². The predicted octanol–water partition coefficient (Wildman–Crippen LogP) is 2.09. The van der Waals surface area contributed by atoms with Crippen LogP contribution in [0.5, 0.6) is 5.75 Å². The average Bonchev–Trinajstić information content (AvgIpc) is 2.32. The van der Waals surface area contributed by atoms with Crippen LogP contribution in [0.1, 0.15) is 29.8 Å². The van der Waals surface area contributed by atoms with Crippen LogP contribution in [0.3, 0.4) is 0 Å². The van der Waals surface area contributed by atoms with Gasteiger partial charge in [-0.3, -0.25) is 14.9 Å². The van der Waals surface area contributed by atoms with Gasteiger partial charge in [0.05, 0.1) is 10.5 Å². The molecule has 1 N–H and O–H groups in total. The summed E-state index contributed by atoms with van der Waals surface area (Å²) in [6.07, 6.45) is 0. The number of benzene rings is 1. The van der Waals surface area contributed by atoms with Crippen molar-refractivity contribution < 1.29 is 14.8 Å². The Labute approximate surface area is 105 Å². The third-order valence-electron chi connectivity index (χ3n) is 2.71. The van der Waals surface area contributed by atoms with E-state index in [-0.39, 0.29) is 5.56 Å². The van der Waals surface area contributed by atoms with Crippen molar-refractivity contribution in [2.75, 3.05) is 13.1 Å². The number of rotatable bonds is 4. The predicted molar refractivity (Wildman–Crippen MR) is 66.7 cm³/mol. The number of nitro groups is 1. The molecule has 0 bridgehead atoms. The first-order valence-electron chi connectivity index (χ1n) is 5.69. The van der Waals surface area contributed by atoms with Gasteiger partial charge < -0.3 is 10.0 Å². The lowest BCUT2D eigenvalue weighted by atomic mass is 10.1. The number of carbonyl (C=O) groups is 1. The summed E-state index contributed by atoms with van der Waals surface area (Å²) in [5, 5.41) is 20.6. The minimum absolute atomic E-state index is 0.0228. The summed E-state index contributed by atoms with van der Waals surface area (Å²) in [6, 6.07) is 2.71. The third-order valence-corrected chi connectivity index (χ3v) is 2.71. The van der Waals surface area contributed by atoms with Crippen molar-refractivity contribution >= 4 is 11.6 Å². The summed E-state index contributed by atoms with van der Waals surface area (Å²) in [7, 11) is 0. The number of aryl methyl sites for hydroxylation is 1. The summed E-state index contributed by atoms with van der Waals surface area (Å²) in [4.78, 5) is 23.7. The van der Waals surface area contributed by atoms with Crippen molar-refractivity contribution in [3.8, 4) is 5.75 Å². The SMILES string of the molecule is CCN(CC)C(=O)c1cc(C)cc([N+](=O)[O-])c1O. The molecule has 98 valence electrons. The number of nitrogens with zero attached hydrogens (tertiary/aromatic N) is 2. The number of amides is 1. The molecule has 1 amide bonds. The van der Waals surface area contributed by atoms with E-state index in [1.807, 2.05) is 13.8 Å². The Bertz CT molecular complexity index is 481. The average molecular weight is 252 g/mol. The Balaban J connectivity index is 3.32. The highest BCUT2D eigenvalue weighted by Crippen LogP contribution is 2.31. The Kier molecular flexibility index (Phi) is 4.25. The largest absolute Gasteiger partial charge is 0.502 e. The van der Waals surface area contributed by atoms with Crippen LogP contribution in [0, 0.1) is 17.0 Å². The highest BCUT2D eigenvalue weighted by Gasteiger charge is 2.24. The molecule has 1 rings (SSSR count). The summed E-state index contributed by atoms with van der Waals surface area (Å²) >= 11 is 0. The Morgan fingerprint density at radius 2 is 1.94 bits per heavy atom. The van der Waals surface area contributed by atoms with Crippen LogP contribution in [0.2, 0.25) is 0 Å². The fourth-order valence-electron chi connectivity index (χ4n) is 1.74. The van der Waals surface area contributed by atoms with Crippen molar-refractivity contribution in [3.63, 3.8) is 0 Å². The third kappa shape index (κ3) is 2.58. The summed E-state index contributed by atoms with van der Waals surface area (Å²) < 4.78 is 0. The molecule has 0 atom stereocenters. The molecule has 6 nitrogen and oxygen atoms in total. The van der Waals surface area contributed by atoms with Gasteiger partial charge in [-0.2, -0.15) is 0 Å². The van der Waals surface area contributed by atoms with E-state index in [1.54, 1.807) is 6.92 Å². The molecular weight excluding hydrogens is 236 g/mol. The van der Waals surface area contributed by atoms with Crippen molar-refractivity contribution in [2.24, 2.45) is 0 Å². The number of aromatic hydroxyl groups is 1. The van der Waals surface area contributed by atoms with Crippen LogP contribution in [0.4, 0.5) is 5.69 Å². The number of hydrogen-bond donors (Lipinski definition) is 1. The van der Waals surface area contributed by atoms with E-state index >= 15 is 0 Å². The Hall–Kier alpha value is -2.11. The van der Waals surface area contributed by atoms with Crippen LogP contribution >= 0.6 is 0 Å². The maximum Gasteiger partial charge on any atom is 0.311 e. The van der Waals surface area contributed by atoms with Gasteiger partial charge in [0.1, 0.15) is 0 Å². The van der Waals surface area contributed by atoms with E-state index in [4.69, 9.17) is 0 Å². The lowest BCUT2D eigenvalue weighted by molar-refractivity contribution is -0.385. The first-order chi connectivity index (χ1) is 8.42. The maximum atomic E-state index is 12.1. The van der Waals surface area contributed by atoms with Crippen LogP contribution in [-0.4, -0.2) is 33.9 Å². The number of phenols is 1. The summed E-state index contributed by atoms with van der Waals surface area (Å²) in [5.41, 5.74) is 0.103. The van der Waals surface area contributed by atoms with Gasteiger partial charge in [0, 0.05) is 19.2 Å². The smallest absolute Gasteiger partial charge is 0.311 e. The van der Waals surface area contributed by atoms with E-state index in [0.29, 0.717) is 18.7 Å². The van der Waals surface area contributed by atoms with E-state index in [1.165, 1.54) is 17.0 Å². The zero-order chi connectivity index (χ0) is 13.9. The van der Waals surface area contributed by atoms with Crippen LogP contribution in [-0.2, 0) is 0 Å². The number of phenolic OH excluding ortho intramolecular Hbond substituents is 1. The van der Waals surface area contributed by atoms with Gasteiger partial charge in [-0.05, 0) is 32.4 Å². The molecule has 0 aliphatic heterocycles. The topological polar surface area (TPSA) is 83.7 Å².